The first-order valence-electron chi connectivity index (χ1n) is 8.55. The molecule has 1 N–H and O–H groups in total. The topological polar surface area (TPSA) is 66.5 Å². The van der Waals surface area contributed by atoms with Crippen molar-refractivity contribution in [2.24, 2.45) is 0 Å². The molecule has 0 saturated carbocycles. The minimum Gasteiger partial charge on any atom is -0.354 e. The lowest BCUT2D eigenvalue weighted by molar-refractivity contribution is -0.119. The van der Waals surface area contributed by atoms with E-state index in [1.807, 2.05) is 63.2 Å². The Morgan fingerprint density at radius 3 is 2.38 bits per heavy atom. The number of benzene rings is 2. The van der Waals surface area contributed by atoms with Crippen LogP contribution < -0.4 is 9.62 Å². The Bertz CT molecular complexity index is 864. The number of nitrogens with one attached hydrogen (secondary N) is 1. The first-order valence-corrected chi connectivity index (χ1v) is 10.4. The number of amides is 1. The van der Waals surface area contributed by atoms with Crippen molar-refractivity contribution < 1.29 is 13.2 Å². The van der Waals surface area contributed by atoms with Gasteiger partial charge in [0.2, 0.25) is 15.9 Å². The van der Waals surface area contributed by atoms with Gasteiger partial charge in [0, 0.05) is 6.54 Å². The lowest BCUT2D eigenvalue weighted by Gasteiger charge is -2.24. The summed E-state index contributed by atoms with van der Waals surface area (Å²) in [5.74, 6) is -0.174. The number of hydrogen-bond acceptors (Lipinski definition) is 3. The maximum absolute atomic E-state index is 12.4. The van der Waals surface area contributed by atoms with Gasteiger partial charge in [-0.1, -0.05) is 49.4 Å². The van der Waals surface area contributed by atoms with Crippen LogP contribution in [0, 0.1) is 13.8 Å². The molecular formula is C20H26N2O3S. The molecule has 0 heterocycles. The van der Waals surface area contributed by atoms with Gasteiger partial charge in [-0.25, -0.2) is 8.42 Å². The first kappa shape index (κ1) is 20.0. The zero-order valence-corrected chi connectivity index (χ0v) is 16.5. The molecule has 0 aliphatic rings. The Morgan fingerprint density at radius 2 is 1.77 bits per heavy atom. The summed E-state index contributed by atoms with van der Waals surface area (Å²) in [6.45, 7) is 5.97. The van der Waals surface area contributed by atoms with Gasteiger partial charge in [-0.2, -0.15) is 0 Å². The largest absolute Gasteiger partial charge is 0.354 e. The maximum atomic E-state index is 12.4. The molecule has 140 valence electrons. The Kier molecular flexibility index (Phi) is 6.42. The minimum absolute atomic E-state index is 0.146. The standard InChI is InChI=1S/C20H26N2O3S/c1-15-10-11-16(2)19(12-15)22(26(4,24)25)14-20(23)21-13-17(3)18-8-6-5-7-9-18/h5-12,17H,13-14H2,1-4H3,(H,21,23)/t17-/m1/s1. The summed E-state index contributed by atoms with van der Waals surface area (Å²) in [4.78, 5) is 12.4. The third kappa shape index (κ3) is 5.33. The summed E-state index contributed by atoms with van der Waals surface area (Å²) < 4.78 is 25.6. The van der Waals surface area contributed by atoms with Gasteiger partial charge in [-0.05, 0) is 42.5 Å². The predicted molar refractivity (Wildman–Crippen MR) is 106 cm³/mol. The second-order valence-electron chi connectivity index (χ2n) is 6.68. The van der Waals surface area contributed by atoms with Crippen molar-refractivity contribution >= 4 is 21.6 Å². The molecule has 0 spiro atoms. The molecule has 0 unspecified atom stereocenters. The molecule has 0 fully saturated rings. The lowest BCUT2D eigenvalue weighted by atomic mass is 10.0. The highest BCUT2D eigenvalue weighted by molar-refractivity contribution is 7.92. The number of rotatable bonds is 7. The van der Waals surface area contributed by atoms with Gasteiger partial charge < -0.3 is 5.32 Å². The highest BCUT2D eigenvalue weighted by Gasteiger charge is 2.22. The van der Waals surface area contributed by atoms with E-state index in [9.17, 15) is 13.2 Å². The third-order valence-corrected chi connectivity index (χ3v) is 5.42. The second-order valence-corrected chi connectivity index (χ2v) is 8.58. The van der Waals surface area contributed by atoms with E-state index in [4.69, 9.17) is 0 Å². The van der Waals surface area contributed by atoms with Crippen LogP contribution in [0.3, 0.4) is 0 Å². The predicted octanol–water partition coefficient (Wildman–Crippen LogP) is 2.99. The van der Waals surface area contributed by atoms with Gasteiger partial charge in [0.25, 0.3) is 0 Å². The van der Waals surface area contributed by atoms with Crippen LogP contribution in [-0.2, 0) is 14.8 Å². The summed E-state index contributed by atoms with van der Waals surface area (Å²) >= 11 is 0. The van der Waals surface area contributed by atoms with Crippen LogP contribution in [-0.4, -0.2) is 33.7 Å². The van der Waals surface area contributed by atoms with Crippen LogP contribution >= 0.6 is 0 Å². The van der Waals surface area contributed by atoms with Crippen molar-refractivity contribution in [3.05, 3.63) is 65.2 Å². The van der Waals surface area contributed by atoms with E-state index in [0.717, 1.165) is 27.3 Å². The van der Waals surface area contributed by atoms with E-state index in [1.165, 1.54) is 0 Å². The molecule has 2 rings (SSSR count). The van der Waals surface area contributed by atoms with Crippen LogP contribution in [0.15, 0.2) is 48.5 Å². The van der Waals surface area contributed by atoms with E-state index < -0.39 is 10.0 Å². The van der Waals surface area contributed by atoms with Crippen molar-refractivity contribution in [3.63, 3.8) is 0 Å². The molecule has 0 aliphatic carbocycles. The number of aryl methyl sites for hydroxylation is 2. The van der Waals surface area contributed by atoms with Crippen LogP contribution in [0.2, 0.25) is 0 Å². The summed E-state index contributed by atoms with van der Waals surface area (Å²) in [5.41, 5.74) is 3.42. The molecule has 0 aliphatic heterocycles. The fourth-order valence-corrected chi connectivity index (χ4v) is 3.63. The van der Waals surface area contributed by atoms with Crippen molar-refractivity contribution in [1.29, 1.82) is 0 Å². The highest BCUT2D eigenvalue weighted by atomic mass is 32.2. The van der Waals surface area contributed by atoms with Crippen LogP contribution in [0.4, 0.5) is 5.69 Å². The molecule has 2 aromatic carbocycles. The molecular weight excluding hydrogens is 348 g/mol. The normalized spacial score (nSPS) is 12.5. The number of anilines is 1. The van der Waals surface area contributed by atoms with E-state index in [1.54, 1.807) is 6.07 Å². The van der Waals surface area contributed by atoms with Gasteiger partial charge in [0.05, 0.1) is 11.9 Å². The first-order chi connectivity index (χ1) is 12.2. The Hall–Kier alpha value is -2.34. The van der Waals surface area contributed by atoms with Gasteiger partial charge in [-0.15, -0.1) is 0 Å². The zero-order valence-electron chi connectivity index (χ0n) is 15.7. The van der Waals surface area contributed by atoms with Crippen molar-refractivity contribution in [1.82, 2.24) is 5.32 Å². The number of hydrogen-bond donors (Lipinski definition) is 1. The second kappa shape index (κ2) is 8.36. The maximum Gasteiger partial charge on any atom is 0.240 e. The van der Waals surface area contributed by atoms with Crippen LogP contribution in [0.1, 0.15) is 29.5 Å². The number of carbonyl (C=O) groups excluding carboxylic acids is 1. The van der Waals surface area contributed by atoms with Gasteiger partial charge in [-0.3, -0.25) is 9.10 Å². The fraction of sp³-hybridized carbons (Fsp3) is 0.350. The zero-order chi connectivity index (χ0) is 19.3. The van der Waals surface area contributed by atoms with Gasteiger partial charge in [0.15, 0.2) is 0 Å². The fourth-order valence-electron chi connectivity index (χ4n) is 2.72. The van der Waals surface area contributed by atoms with Gasteiger partial charge >= 0.3 is 0 Å². The summed E-state index contributed by atoms with van der Waals surface area (Å²) in [7, 11) is -3.57. The van der Waals surface area contributed by atoms with E-state index >= 15 is 0 Å². The quantitative estimate of drug-likeness (QED) is 0.810. The molecule has 6 heteroatoms. The number of carbonyl (C=O) groups is 1. The Morgan fingerprint density at radius 1 is 1.12 bits per heavy atom. The molecule has 2 aromatic rings. The monoisotopic (exact) mass is 374 g/mol. The van der Waals surface area contributed by atoms with Crippen LogP contribution in [0.5, 0.6) is 0 Å². The summed E-state index contributed by atoms with van der Waals surface area (Å²) in [6.07, 6.45) is 1.12. The average molecular weight is 375 g/mol. The van der Waals surface area contributed by atoms with Gasteiger partial charge in [0.1, 0.15) is 6.54 Å². The Balaban J connectivity index is 2.09. The van der Waals surface area contributed by atoms with E-state index in [2.05, 4.69) is 5.32 Å². The molecule has 0 bridgehead atoms. The van der Waals surface area contributed by atoms with Crippen LogP contribution in [0.25, 0.3) is 0 Å². The highest BCUT2D eigenvalue weighted by Crippen LogP contribution is 2.23. The smallest absolute Gasteiger partial charge is 0.240 e. The molecule has 0 radical (unpaired) electrons. The molecule has 26 heavy (non-hydrogen) atoms. The summed E-state index contributed by atoms with van der Waals surface area (Å²) in [6, 6.07) is 15.4. The molecule has 1 amide bonds. The lowest BCUT2D eigenvalue weighted by Crippen LogP contribution is -2.41. The third-order valence-electron chi connectivity index (χ3n) is 4.29. The van der Waals surface area contributed by atoms with Crippen molar-refractivity contribution in [2.75, 3.05) is 23.7 Å². The summed E-state index contributed by atoms with van der Waals surface area (Å²) in [5, 5.41) is 2.84. The number of nitrogens with zero attached hydrogens (tertiary/aromatic N) is 1. The molecule has 0 aromatic heterocycles. The molecule has 1 atom stereocenters. The Labute approximate surface area is 156 Å². The average Bonchev–Trinajstić information content (AvgIpc) is 2.59. The molecule has 0 saturated heterocycles. The number of sulfonamides is 1. The van der Waals surface area contributed by atoms with Crippen molar-refractivity contribution in [2.45, 2.75) is 26.7 Å². The molecule has 5 nitrogen and oxygen atoms in total. The van der Waals surface area contributed by atoms with E-state index in [0.29, 0.717) is 12.2 Å². The van der Waals surface area contributed by atoms with E-state index in [-0.39, 0.29) is 18.4 Å². The SMILES string of the molecule is Cc1ccc(C)c(N(CC(=O)NC[C@@H](C)c2ccccc2)S(C)(=O)=O)c1. The van der Waals surface area contributed by atoms with Crippen molar-refractivity contribution in [3.8, 4) is 0 Å². The minimum atomic E-state index is -3.57.